The quantitative estimate of drug-likeness (QED) is 0.646. The third kappa shape index (κ3) is 2.43. The van der Waals surface area contributed by atoms with Gasteiger partial charge in [0.25, 0.3) is 0 Å². The molecule has 17 heavy (non-hydrogen) atoms. The van der Waals surface area contributed by atoms with E-state index in [1.807, 2.05) is 0 Å². The maximum absolute atomic E-state index is 5.74. The molecule has 2 fully saturated rings. The fraction of sp³-hybridized carbons (Fsp3) is 0.667. The lowest BCUT2D eigenvalue weighted by atomic mass is 10.1. The summed E-state index contributed by atoms with van der Waals surface area (Å²) in [6.45, 7) is 8.02. The molecule has 0 bridgehead atoms. The molecular formula is C12H18O5. The highest BCUT2D eigenvalue weighted by Gasteiger charge is 2.52. The summed E-state index contributed by atoms with van der Waals surface area (Å²) in [6, 6.07) is 0. The fourth-order valence-corrected chi connectivity index (χ4v) is 2.14. The molecule has 96 valence electrons. The van der Waals surface area contributed by atoms with Crippen molar-refractivity contribution in [2.45, 2.75) is 30.7 Å². The molecule has 0 aliphatic carbocycles. The average molecular weight is 242 g/mol. The van der Waals surface area contributed by atoms with Crippen molar-refractivity contribution in [1.29, 1.82) is 0 Å². The zero-order valence-electron chi connectivity index (χ0n) is 9.91. The topological polar surface area (TPSA) is 46.2 Å². The van der Waals surface area contributed by atoms with Crippen molar-refractivity contribution in [2.75, 3.05) is 20.5 Å². The molecule has 0 radical (unpaired) electrons. The predicted octanol–water partition coefficient (Wildman–Crippen LogP) is 0.856. The molecule has 0 N–H and O–H groups in total. The van der Waals surface area contributed by atoms with Gasteiger partial charge in [-0.1, -0.05) is 12.2 Å². The molecule has 5 heteroatoms. The standard InChI is InChI=1S/C12H18O5/c1-4-6-14-10-9(8(5-2)13-3)17-12-11(10)15-7-16-12/h4-5,8-12H,1-2,6-7H2,3H3/t8-,9+,10-,11+,12-/m0/s1. The number of fused-ring (bicyclic) bond motifs is 1. The smallest absolute Gasteiger partial charge is 0.189 e. The molecule has 0 aromatic carbocycles. The van der Waals surface area contributed by atoms with Gasteiger partial charge in [0.1, 0.15) is 24.4 Å². The molecule has 5 nitrogen and oxygen atoms in total. The Morgan fingerprint density at radius 2 is 2.24 bits per heavy atom. The molecule has 2 aliphatic rings. The Morgan fingerprint density at radius 1 is 1.41 bits per heavy atom. The Balaban J connectivity index is 2.07. The summed E-state index contributed by atoms with van der Waals surface area (Å²) >= 11 is 0. The van der Waals surface area contributed by atoms with Crippen molar-refractivity contribution in [3.05, 3.63) is 25.3 Å². The average Bonchev–Trinajstić information content (AvgIpc) is 2.90. The van der Waals surface area contributed by atoms with Crippen LogP contribution in [0.4, 0.5) is 0 Å². The summed E-state index contributed by atoms with van der Waals surface area (Å²) in [4.78, 5) is 0. The van der Waals surface area contributed by atoms with Gasteiger partial charge in [-0.25, -0.2) is 0 Å². The first kappa shape index (κ1) is 12.7. The van der Waals surface area contributed by atoms with Crippen LogP contribution >= 0.6 is 0 Å². The summed E-state index contributed by atoms with van der Waals surface area (Å²) in [6.07, 6.45) is 2.04. The minimum Gasteiger partial charge on any atom is -0.375 e. The van der Waals surface area contributed by atoms with Crippen LogP contribution in [0.3, 0.4) is 0 Å². The normalized spacial score (nSPS) is 37.7. The first-order valence-corrected chi connectivity index (χ1v) is 5.58. The van der Waals surface area contributed by atoms with E-state index in [4.69, 9.17) is 23.7 Å². The van der Waals surface area contributed by atoms with Crippen LogP contribution in [0.1, 0.15) is 0 Å². The molecule has 2 aliphatic heterocycles. The summed E-state index contributed by atoms with van der Waals surface area (Å²) in [5.41, 5.74) is 0. The van der Waals surface area contributed by atoms with Gasteiger partial charge in [0.05, 0.1) is 6.61 Å². The second kappa shape index (κ2) is 5.75. The van der Waals surface area contributed by atoms with Gasteiger partial charge in [0.15, 0.2) is 13.1 Å². The molecule has 0 saturated carbocycles. The van der Waals surface area contributed by atoms with Crippen LogP contribution in [-0.4, -0.2) is 51.2 Å². The van der Waals surface area contributed by atoms with Crippen molar-refractivity contribution in [1.82, 2.24) is 0 Å². The van der Waals surface area contributed by atoms with E-state index in [-0.39, 0.29) is 37.5 Å². The van der Waals surface area contributed by atoms with Gasteiger partial charge in [-0.15, -0.1) is 13.2 Å². The number of hydrogen-bond donors (Lipinski definition) is 0. The Bertz CT molecular complexity index is 280. The van der Waals surface area contributed by atoms with E-state index in [0.29, 0.717) is 6.61 Å². The Morgan fingerprint density at radius 3 is 2.88 bits per heavy atom. The second-order valence-corrected chi connectivity index (χ2v) is 3.91. The lowest BCUT2D eigenvalue weighted by Gasteiger charge is -2.25. The summed E-state index contributed by atoms with van der Waals surface area (Å²) < 4.78 is 27.5. The highest BCUT2D eigenvalue weighted by Crippen LogP contribution is 2.33. The zero-order valence-corrected chi connectivity index (χ0v) is 9.91. The molecular weight excluding hydrogens is 224 g/mol. The minimum absolute atomic E-state index is 0.211. The molecule has 0 spiro atoms. The third-order valence-electron chi connectivity index (χ3n) is 2.93. The van der Waals surface area contributed by atoms with Gasteiger partial charge < -0.3 is 23.7 Å². The molecule has 0 aromatic heterocycles. The maximum atomic E-state index is 5.74. The number of ether oxygens (including phenoxy) is 5. The highest BCUT2D eigenvalue weighted by molar-refractivity contribution is 5.00. The van der Waals surface area contributed by atoms with Crippen LogP contribution < -0.4 is 0 Å². The van der Waals surface area contributed by atoms with Gasteiger partial charge in [0.2, 0.25) is 0 Å². The Hall–Kier alpha value is -0.720. The van der Waals surface area contributed by atoms with E-state index in [1.165, 1.54) is 0 Å². The van der Waals surface area contributed by atoms with Crippen LogP contribution in [0, 0.1) is 0 Å². The fourth-order valence-electron chi connectivity index (χ4n) is 2.14. The summed E-state index contributed by atoms with van der Waals surface area (Å²) in [7, 11) is 1.61. The Labute approximate surface area is 101 Å². The molecule has 0 amide bonds. The zero-order chi connectivity index (χ0) is 12.3. The van der Waals surface area contributed by atoms with E-state index in [0.717, 1.165) is 0 Å². The van der Waals surface area contributed by atoms with Crippen LogP contribution in [0.25, 0.3) is 0 Å². The van der Waals surface area contributed by atoms with E-state index >= 15 is 0 Å². The van der Waals surface area contributed by atoms with Crippen LogP contribution in [0.2, 0.25) is 0 Å². The predicted molar refractivity (Wildman–Crippen MR) is 60.4 cm³/mol. The van der Waals surface area contributed by atoms with Crippen molar-refractivity contribution in [3.63, 3.8) is 0 Å². The largest absolute Gasteiger partial charge is 0.375 e. The van der Waals surface area contributed by atoms with Crippen LogP contribution in [-0.2, 0) is 23.7 Å². The van der Waals surface area contributed by atoms with Gasteiger partial charge in [0, 0.05) is 7.11 Å². The van der Waals surface area contributed by atoms with E-state index in [9.17, 15) is 0 Å². The molecule has 2 heterocycles. The molecule has 0 unspecified atom stereocenters. The summed E-state index contributed by atoms with van der Waals surface area (Å²) in [5.74, 6) is 0. The first-order valence-electron chi connectivity index (χ1n) is 5.58. The van der Waals surface area contributed by atoms with Gasteiger partial charge >= 0.3 is 0 Å². The Kier molecular flexibility index (Phi) is 4.31. The maximum Gasteiger partial charge on any atom is 0.189 e. The lowest BCUT2D eigenvalue weighted by Crippen LogP contribution is -2.41. The summed E-state index contributed by atoms with van der Waals surface area (Å²) in [5, 5.41) is 0. The first-order chi connectivity index (χ1) is 8.31. The van der Waals surface area contributed by atoms with Gasteiger partial charge in [-0.2, -0.15) is 0 Å². The van der Waals surface area contributed by atoms with Crippen molar-refractivity contribution >= 4 is 0 Å². The highest BCUT2D eigenvalue weighted by atomic mass is 16.8. The van der Waals surface area contributed by atoms with Gasteiger partial charge in [-0.3, -0.25) is 0 Å². The number of rotatable bonds is 6. The number of hydrogen-bond acceptors (Lipinski definition) is 5. The third-order valence-corrected chi connectivity index (χ3v) is 2.93. The van der Waals surface area contributed by atoms with E-state index in [2.05, 4.69) is 13.2 Å². The van der Waals surface area contributed by atoms with Crippen molar-refractivity contribution in [3.8, 4) is 0 Å². The molecule has 2 rings (SSSR count). The molecule has 5 atom stereocenters. The lowest BCUT2D eigenvalue weighted by molar-refractivity contribution is -0.157. The van der Waals surface area contributed by atoms with Crippen molar-refractivity contribution < 1.29 is 23.7 Å². The number of methoxy groups -OCH3 is 1. The van der Waals surface area contributed by atoms with Crippen molar-refractivity contribution in [2.24, 2.45) is 0 Å². The van der Waals surface area contributed by atoms with E-state index < -0.39 is 0 Å². The van der Waals surface area contributed by atoms with Gasteiger partial charge in [-0.05, 0) is 0 Å². The molecule has 2 saturated heterocycles. The van der Waals surface area contributed by atoms with Crippen LogP contribution in [0.15, 0.2) is 25.3 Å². The monoisotopic (exact) mass is 242 g/mol. The molecule has 0 aromatic rings. The van der Waals surface area contributed by atoms with Crippen LogP contribution in [0.5, 0.6) is 0 Å². The minimum atomic E-state index is -0.382. The SMILES string of the molecule is C=CCO[C@@H]1[C@H]2OCO[C@H]2O[C@@H]1[C@H](C=C)OC. The second-order valence-electron chi connectivity index (χ2n) is 3.91. The van der Waals surface area contributed by atoms with E-state index in [1.54, 1.807) is 19.3 Å².